The average Bonchev–Trinajstić information content (AvgIpc) is 2.64. The maximum atomic E-state index is 12.9. The number of ether oxygens (including phenoxy) is 1. The van der Waals surface area contributed by atoms with Crippen LogP contribution < -0.4 is 5.32 Å². The zero-order chi connectivity index (χ0) is 24.3. The molecule has 0 spiro atoms. The summed E-state index contributed by atoms with van der Waals surface area (Å²) in [6.45, 7) is 15.7. The molecular weight excluding hydrogens is 514 g/mol. The number of nitrogens with one attached hydrogen (secondary N) is 1. The molecular formula is C23H42F3NO3Sn. The minimum atomic E-state index is -5.06. The number of amides is 1. The molecule has 1 N–H and O–H groups in total. The quantitative estimate of drug-likeness (QED) is 0.191. The van der Waals surface area contributed by atoms with Crippen LogP contribution in [0.3, 0.4) is 0 Å². The van der Waals surface area contributed by atoms with E-state index in [0.29, 0.717) is 0 Å². The van der Waals surface area contributed by atoms with Crippen molar-refractivity contribution in [3.8, 4) is 0 Å². The summed E-state index contributed by atoms with van der Waals surface area (Å²) in [5, 5.41) is 1.88. The van der Waals surface area contributed by atoms with Gasteiger partial charge in [-0.2, -0.15) is 0 Å². The van der Waals surface area contributed by atoms with Crippen molar-refractivity contribution in [2.45, 2.75) is 118 Å². The van der Waals surface area contributed by atoms with E-state index in [1.807, 2.05) is 5.32 Å². The zero-order valence-electron chi connectivity index (χ0n) is 20.2. The van der Waals surface area contributed by atoms with Crippen molar-refractivity contribution in [1.29, 1.82) is 0 Å². The number of unbranched alkanes of at least 4 members (excludes halogenated alkanes) is 3. The van der Waals surface area contributed by atoms with Gasteiger partial charge < -0.3 is 0 Å². The first kappa shape index (κ1) is 30.3. The van der Waals surface area contributed by atoms with Gasteiger partial charge in [-0.1, -0.05) is 0 Å². The van der Waals surface area contributed by atoms with Crippen LogP contribution >= 0.6 is 0 Å². The van der Waals surface area contributed by atoms with Crippen LogP contribution in [-0.4, -0.2) is 48.1 Å². The SMILES string of the molecule is C=[C](C[C@H](NC(=O)C(F)(F)F)C(=O)OC(C)(C)C)[Sn]([CH2]CCC)([CH2]CCC)[CH2]CCC. The number of carbonyl (C=O) groups excluding carboxylic acids is 2. The third-order valence-corrected chi connectivity index (χ3v) is 21.6. The van der Waals surface area contributed by atoms with Crippen LogP contribution in [0.25, 0.3) is 0 Å². The summed E-state index contributed by atoms with van der Waals surface area (Å²) in [6, 6.07) is -1.37. The first-order valence-electron chi connectivity index (χ1n) is 11.5. The van der Waals surface area contributed by atoms with E-state index in [2.05, 4.69) is 27.4 Å². The van der Waals surface area contributed by atoms with Crippen molar-refractivity contribution in [2.75, 3.05) is 0 Å². The van der Waals surface area contributed by atoms with Crippen molar-refractivity contribution in [2.24, 2.45) is 0 Å². The van der Waals surface area contributed by atoms with Crippen LogP contribution in [0.1, 0.15) is 86.5 Å². The summed E-state index contributed by atoms with van der Waals surface area (Å²) in [5.41, 5.74) is -0.868. The van der Waals surface area contributed by atoms with Crippen molar-refractivity contribution in [1.82, 2.24) is 5.32 Å². The third-order valence-electron chi connectivity index (χ3n) is 5.48. The van der Waals surface area contributed by atoms with Crippen molar-refractivity contribution in [3.05, 3.63) is 10.2 Å². The van der Waals surface area contributed by atoms with Crippen LogP contribution in [-0.2, 0) is 14.3 Å². The number of hydrogen-bond donors (Lipinski definition) is 1. The van der Waals surface area contributed by atoms with Crippen LogP contribution in [0.2, 0.25) is 13.3 Å². The molecule has 0 aromatic heterocycles. The Labute approximate surface area is 190 Å². The van der Waals surface area contributed by atoms with Gasteiger partial charge in [-0.05, 0) is 0 Å². The van der Waals surface area contributed by atoms with Crippen molar-refractivity contribution >= 4 is 30.3 Å². The van der Waals surface area contributed by atoms with Crippen LogP contribution in [0, 0.1) is 0 Å². The topological polar surface area (TPSA) is 55.4 Å². The van der Waals surface area contributed by atoms with E-state index in [9.17, 15) is 22.8 Å². The van der Waals surface area contributed by atoms with Crippen molar-refractivity contribution in [3.63, 3.8) is 0 Å². The Kier molecular flexibility index (Phi) is 13.4. The molecule has 31 heavy (non-hydrogen) atoms. The number of carbonyl (C=O) groups is 2. The predicted octanol–water partition coefficient (Wildman–Crippen LogP) is 6.71. The first-order chi connectivity index (χ1) is 14.2. The molecule has 0 rings (SSSR count). The van der Waals surface area contributed by atoms with E-state index in [-0.39, 0.29) is 6.42 Å². The Hall–Kier alpha value is -0.731. The monoisotopic (exact) mass is 557 g/mol. The fourth-order valence-electron chi connectivity index (χ4n) is 3.72. The van der Waals surface area contributed by atoms with E-state index in [1.54, 1.807) is 20.8 Å². The van der Waals surface area contributed by atoms with Crippen LogP contribution in [0.5, 0.6) is 0 Å². The minimum absolute atomic E-state index is 0.0317. The fourth-order valence-corrected chi connectivity index (χ4v) is 19.5. The number of halogens is 3. The number of esters is 1. The van der Waals surface area contributed by atoms with E-state index < -0.39 is 48.1 Å². The van der Waals surface area contributed by atoms with Gasteiger partial charge in [0.15, 0.2) is 0 Å². The second kappa shape index (κ2) is 13.7. The number of rotatable bonds is 14. The molecule has 4 nitrogen and oxygen atoms in total. The maximum absolute atomic E-state index is 12.9. The summed E-state index contributed by atoms with van der Waals surface area (Å²) in [4.78, 5) is 24.3. The average molecular weight is 556 g/mol. The van der Waals surface area contributed by atoms with E-state index in [4.69, 9.17) is 4.74 Å². The third kappa shape index (κ3) is 11.6. The van der Waals surface area contributed by atoms with Gasteiger partial charge in [-0.25, -0.2) is 0 Å². The molecule has 0 aliphatic carbocycles. The van der Waals surface area contributed by atoms with Gasteiger partial charge in [-0.3, -0.25) is 0 Å². The fraction of sp³-hybridized carbons (Fsp3) is 0.826. The van der Waals surface area contributed by atoms with Crippen LogP contribution in [0.4, 0.5) is 13.2 Å². The van der Waals surface area contributed by atoms with Gasteiger partial charge in [0, 0.05) is 0 Å². The molecule has 0 saturated carbocycles. The van der Waals surface area contributed by atoms with Gasteiger partial charge in [0.25, 0.3) is 0 Å². The Morgan fingerprint density at radius 1 is 0.935 bits per heavy atom. The van der Waals surface area contributed by atoms with Gasteiger partial charge in [0.2, 0.25) is 0 Å². The van der Waals surface area contributed by atoms with E-state index >= 15 is 0 Å². The summed E-state index contributed by atoms with van der Waals surface area (Å²) in [5.74, 6) is -2.96. The predicted molar refractivity (Wildman–Crippen MR) is 122 cm³/mol. The van der Waals surface area contributed by atoms with Gasteiger partial charge in [-0.15, -0.1) is 0 Å². The molecule has 0 saturated heterocycles. The molecule has 0 bridgehead atoms. The molecule has 0 aliphatic heterocycles. The van der Waals surface area contributed by atoms with Gasteiger partial charge in [0.05, 0.1) is 0 Å². The molecule has 0 aromatic rings. The Morgan fingerprint density at radius 3 is 1.68 bits per heavy atom. The van der Waals surface area contributed by atoms with Gasteiger partial charge >= 0.3 is 191 Å². The summed E-state index contributed by atoms with van der Waals surface area (Å²) < 4.78 is 48.2. The second-order valence-corrected chi connectivity index (χ2v) is 23.1. The molecule has 0 aliphatic rings. The number of alkyl halides is 3. The van der Waals surface area contributed by atoms with Gasteiger partial charge in [0.1, 0.15) is 0 Å². The molecule has 0 fully saturated rings. The van der Waals surface area contributed by atoms with E-state index in [0.717, 1.165) is 55.4 Å². The molecule has 1 atom stereocenters. The first-order valence-corrected chi connectivity index (χ1v) is 19.0. The summed E-state index contributed by atoms with van der Waals surface area (Å²) >= 11 is -2.98. The molecule has 0 unspecified atom stereocenters. The van der Waals surface area contributed by atoms with Crippen molar-refractivity contribution < 1.29 is 27.5 Å². The summed E-state index contributed by atoms with van der Waals surface area (Å²) in [7, 11) is 0. The molecule has 0 aromatic carbocycles. The second-order valence-electron chi connectivity index (χ2n) is 9.46. The molecule has 1 amide bonds. The van der Waals surface area contributed by atoms with Crippen LogP contribution in [0.15, 0.2) is 10.2 Å². The zero-order valence-corrected chi connectivity index (χ0v) is 23.1. The Balaban J connectivity index is 5.88. The molecule has 0 radical (unpaired) electrons. The Morgan fingerprint density at radius 2 is 1.35 bits per heavy atom. The van der Waals surface area contributed by atoms with E-state index in [1.165, 1.54) is 0 Å². The normalized spacial score (nSPS) is 13.6. The molecule has 182 valence electrons. The summed E-state index contributed by atoms with van der Waals surface area (Å²) in [6.07, 6.45) is 1.30. The number of hydrogen-bond acceptors (Lipinski definition) is 3. The molecule has 8 heteroatoms. The standard InChI is InChI=1S/C11H15F3NO3.3C4H9.Sn/c1-5-6-7(8(16)18-10(2,3)4)15-9(17)11(12,13)14;3*1-3-4-2;/h7H,1,6H2,2-4H3,(H,15,17);3*1,3-4H2,2H3;/t7-;;;;/m0..../s1. The molecule has 0 heterocycles. The Bertz CT molecular complexity index is 564.